The van der Waals surface area contributed by atoms with Gasteiger partial charge in [-0.1, -0.05) is 15.9 Å². The largest absolute Gasteiger partial charge is 0.477 e. The average molecular weight is 306 g/mol. The van der Waals surface area contributed by atoms with Gasteiger partial charge in [0.15, 0.2) is 5.01 Å². The van der Waals surface area contributed by atoms with Gasteiger partial charge in [-0.3, -0.25) is 4.79 Å². The molecule has 0 saturated carbocycles. The van der Waals surface area contributed by atoms with Gasteiger partial charge in [0, 0.05) is 11.1 Å². The fraction of sp³-hybridized carbons (Fsp3) is 0.222. The molecular formula is C9H6Br2O2. The quantitative estimate of drug-likeness (QED) is 0.589. The summed E-state index contributed by atoms with van der Waals surface area (Å²) in [6, 6.07) is 5.40. The van der Waals surface area contributed by atoms with Crippen LogP contribution in [0.4, 0.5) is 0 Å². The molecule has 0 aliphatic carbocycles. The first kappa shape index (κ1) is 9.21. The molecular weight excluding hydrogens is 300 g/mol. The van der Waals surface area contributed by atoms with E-state index in [-0.39, 0.29) is 9.84 Å². The van der Waals surface area contributed by atoms with Crippen molar-refractivity contribution < 1.29 is 9.53 Å². The number of hydrogen-bond acceptors (Lipinski definition) is 2. The van der Waals surface area contributed by atoms with E-state index in [1.807, 2.05) is 12.1 Å². The van der Waals surface area contributed by atoms with Gasteiger partial charge in [0.1, 0.15) is 12.0 Å². The smallest absolute Gasteiger partial charge is 0.169 e. The minimum Gasteiger partial charge on any atom is -0.477 e. The van der Waals surface area contributed by atoms with Crippen LogP contribution in [0, 0.1) is 0 Å². The highest BCUT2D eigenvalue weighted by Gasteiger charge is 2.30. The van der Waals surface area contributed by atoms with Crippen molar-refractivity contribution in [1.29, 1.82) is 0 Å². The topological polar surface area (TPSA) is 26.3 Å². The van der Waals surface area contributed by atoms with Crippen molar-refractivity contribution in [2.24, 2.45) is 0 Å². The number of fused-ring (bicyclic) bond motifs is 1. The summed E-state index contributed by atoms with van der Waals surface area (Å²) in [4.78, 5) is 10.6. The lowest BCUT2D eigenvalue weighted by atomic mass is 10.1. The molecule has 13 heavy (non-hydrogen) atoms. The first-order valence-electron chi connectivity index (χ1n) is 3.76. The van der Waals surface area contributed by atoms with Crippen LogP contribution in [0.15, 0.2) is 18.2 Å². The van der Waals surface area contributed by atoms with E-state index in [9.17, 15) is 4.79 Å². The van der Waals surface area contributed by atoms with Crippen LogP contribution in [0.25, 0.3) is 0 Å². The van der Waals surface area contributed by atoms with Crippen LogP contribution in [0.5, 0.6) is 5.75 Å². The van der Waals surface area contributed by atoms with Crippen molar-refractivity contribution in [2.75, 3.05) is 0 Å². The summed E-state index contributed by atoms with van der Waals surface area (Å²) in [7, 11) is 0. The number of halogens is 2. The van der Waals surface area contributed by atoms with Crippen LogP contribution in [0.3, 0.4) is 0 Å². The summed E-state index contributed by atoms with van der Waals surface area (Å²) in [5, 5.41) is -0.0515. The van der Waals surface area contributed by atoms with E-state index in [1.165, 1.54) is 0 Å². The molecule has 0 spiro atoms. The van der Waals surface area contributed by atoms with Crippen molar-refractivity contribution >= 4 is 38.1 Å². The van der Waals surface area contributed by atoms with Crippen LogP contribution >= 0.6 is 31.9 Å². The van der Waals surface area contributed by atoms with Gasteiger partial charge in [-0.25, -0.2) is 0 Å². The Morgan fingerprint density at radius 1 is 1.38 bits per heavy atom. The molecule has 0 N–H and O–H groups in total. The summed E-state index contributed by atoms with van der Waals surface area (Å²) >= 11 is 6.85. The molecule has 1 heterocycles. The van der Waals surface area contributed by atoms with Gasteiger partial charge in [0.05, 0.1) is 4.83 Å². The SMILES string of the molecule is O=Cc1ccc2c(c1)[C@H](Br)[C@@H](Br)O2. The van der Waals surface area contributed by atoms with Gasteiger partial charge in [0.25, 0.3) is 0 Å². The van der Waals surface area contributed by atoms with Crippen LogP contribution in [-0.2, 0) is 0 Å². The molecule has 68 valence electrons. The minimum absolute atomic E-state index is 0.0515. The molecule has 0 amide bonds. The van der Waals surface area contributed by atoms with E-state index in [1.54, 1.807) is 6.07 Å². The Morgan fingerprint density at radius 3 is 2.85 bits per heavy atom. The molecule has 1 aliphatic rings. The molecule has 0 fully saturated rings. The number of ether oxygens (including phenoxy) is 1. The highest BCUT2D eigenvalue weighted by molar-refractivity contribution is 9.12. The van der Waals surface area contributed by atoms with Crippen molar-refractivity contribution in [3.05, 3.63) is 29.3 Å². The van der Waals surface area contributed by atoms with Crippen molar-refractivity contribution in [3.8, 4) is 5.75 Å². The predicted molar refractivity (Wildman–Crippen MR) is 56.8 cm³/mol. The number of benzene rings is 1. The minimum atomic E-state index is -0.0515. The van der Waals surface area contributed by atoms with Gasteiger partial charge in [-0.05, 0) is 34.1 Å². The molecule has 2 nitrogen and oxygen atoms in total. The van der Waals surface area contributed by atoms with Crippen molar-refractivity contribution in [1.82, 2.24) is 0 Å². The zero-order chi connectivity index (χ0) is 9.42. The number of hydrogen-bond donors (Lipinski definition) is 0. The Labute approximate surface area is 92.5 Å². The van der Waals surface area contributed by atoms with Crippen LogP contribution < -0.4 is 4.74 Å². The summed E-state index contributed by atoms with van der Waals surface area (Å²) in [6.07, 6.45) is 0.835. The van der Waals surface area contributed by atoms with E-state index in [4.69, 9.17) is 4.74 Å². The zero-order valence-corrected chi connectivity index (χ0v) is 9.71. The second-order valence-corrected chi connectivity index (χ2v) is 4.67. The third-order valence-electron chi connectivity index (χ3n) is 1.94. The van der Waals surface area contributed by atoms with Gasteiger partial charge >= 0.3 is 0 Å². The van der Waals surface area contributed by atoms with Crippen molar-refractivity contribution in [3.63, 3.8) is 0 Å². The molecule has 0 saturated heterocycles. The highest BCUT2D eigenvalue weighted by Crippen LogP contribution is 2.44. The normalized spacial score (nSPS) is 25.1. The number of rotatable bonds is 1. The molecule has 2 atom stereocenters. The van der Waals surface area contributed by atoms with Gasteiger partial charge in [-0.2, -0.15) is 0 Å². The Kier molecular flexibility index (Phi) is 2.43. The van der Waals surface area contributed by atoms with Gasteiger partial charge in [-0.15, -0.1) is 0 Å². The molecule has 1 aromatic carbocycles. The second kappa shape index (κ2) is 3.42. The van der Waals surface area contributed by atoms with E-state index in [0.29, 0.717) is 5.56 Å². The standard InChI is InChI=1S/C9H6Br2O2/c10-8-6-3-5(4-12)1-2-7(6)13-9(8)11/h1-4,8-9H/t8-,9-/m0/s1. The molecule has 0 radical (unpaired) electrons. The number of carbonyl (C=O) groups excluding carboxylic acids is 1. The van der Waals surface area contributed by atoms with E-state index >= 15 is 0 Å². The van der Waals surface area contributed by atoms with Crippen LogP contribution in [-0.4, -0.2) is 11.3 Å². The molecule has 0 bridgehead atoms. The molecule has 1 aliphatic heterocycles. The maximum Gasteiger partial charge on any atom is 0.169 e. The third-order valence-corrected chi connectivity index (χ3v) is 4.34. The fourth-order valence-electron chi connectivity index (χ4n) is 1.29. The van der Waals surface area contributed by atoms with E-state index in [2.05, 4.69) is 31.9 Å². The summed E-state index contributed by atoms with van der Waals surface area (Å²) in [6.45, 7) is 0. The van der Waals surface area contributed by atoms with E-state index < -0.39 is 0 Å². The highest BCUT2D eigenvalue weighted by atomic mass is 79.9. The monoisotopic (exact) mass is 304 g/mol. The Balaban J connectivity index is 2.47. The van der Waals surface area contributed by atoms with E-state index in [0.717, 1.165) is 17.6 Å². The predicted octanol–water partition coefficient (Wildman–Crippen LogP) is 3.05. The maximum atomic E-state index is 10.5. The summed E-state index contributed by atoms with van der Waals surface area (Å²) in [5.41, 5.74) is 1.69. The molecule has 0 aromatic heterocycles. The lowest BCUT2D eigenvalue weighted by molar-refractivity contribution is 0.112. The lowest BCUT2D eigenvalue weighted by Gasteiger charge is -2.03. The number of carbonyl (C=O) groups is 1. The zero-order valence-electron chi connectivity index (χ0n) is 6.54. The number of alkyl halides is 2. The van der Waals surface area contributed by atoms with Crippen LogP contribution in [0.1, 0.15) is 20.7 Å². The second-order valence-electron chi connectivity index (χ2n) is 2.79. The lowest BCUT2D eigenvalue weighted by Crippen LogP contribution is -2.03. The van der Waals surface area contributed by atoms with Gasteiger partial charge < -0.3 is 4.74 Å². The summed E-state index contributed by atoms with van der Waals surface area (Å²) < 4.78 is 5.47. The Morgan fingerprint density at radius 2 is 2.15 bits per heavy atom. The first-order valence-corrected chi connectivity index (χ1v) is 5.59. The molecule has 4 heteroatoms. The Bertz CT molecular complexity index is 351. The first-order chi connectivity index (χ1) is 6.22. The van der Waals surface area contributed by atoms with Crippen molar-refractivity contribution in [2.45, 2.75) is 9.84 Å². The molecule has 2 rings (SSSR count). The molecule has 1 aromatic rings. The summed E-state index contributed by atoms with van der Waals surface area (Å²) in [5.74, 6) is 0.828. The van der Waals surface area contributed by atoms with Crippen LogP contribution in [0.2, 0.25) is 0 Å². The third kappa shape index (κ3) is 1.53. The molecule has 0 unspecified atom stereocenters. The maximum absolute atomic E-state index is 10.5. The number of aldehydes is 1. The fourth-order valence-corrected chi connectivity index (χ4v) is 2.24. The Hall–Kier alpha value is -0.350. The average Bonchev–Trinajstić information content (AvgIpc) is 2.43. The van der Waals surface area contributed by atoms with Gasteiger partial charge in [0.2, 0.25) is 0 Å².